The average Bonchev–Trinajstić information content (AvgIpc) is 3.08. The van der Waals surface area contributed by atoms with Gasteiger partial charge in [-0.05, 0) is 55.7 Å². The van der Waals surface area contributed by atoms with E-state index >= 15 is 0 Å². The predicted octanol–water partition coefficient (Wildman–Crippen LogP) is 4.05. The highest BCUT2D eigenvalue weighted by atomic mass is 16.2. The van der Waals surface area contributed by atoms with E-state index in [0.717, 1.165) is 29.5 Å². The highest BCUT2D eigenvalue weighted by Gasteiger charge is 2.58. The predicted molar refractivity (Wildman–Crippen MR) is 123 cm³/mol. The molecular weight excluding hydrogens is 400 g/mol. The van der Waals surface area contributed by atoms with E-state index in [9.17, 15) is 14.4 Å². The fourth-order valence-corrected chi connectivity index (χ4v) is 5.71. The van der Waals surface area contributed by atoms with E-state index in [1.165, 1.54) is 4.90 Å². The van der Waals surface area contributed by atoms with Crippen LogP contribution in [0.2, 0.25) is 0 Å². The Kier molecular flexibility index (Phi) is 5.20. The smallest absolute Gasteiger partial charge is 0.248 e. The van der Waals surface area contributed by atoms with Gasteiger partial charge in [-0.2, -0.15) is 0 Å². The van der Waals surface area contributed by atoms with Gasteiger partial charge in [0.2, 0.25) is 17.7 Å². The summed E-state index contributed by atoms with van der Waals surface area (Å²) in [7, 11) is 0. The van der Waals surface area contributed by atoms with E-state index in [-0.39, 0.29) is 41.4 Å². The van der Waals surface area contributed by atoms with Gasteiger partial charge in [0.15, 0.2) is 0 Å². The minimum atomic E-state index is -0.872. The van der Waals surface area contributed by atoms with Crippen LogP contribution in [0.4, 0.5) is 5.69 Å². The van der Waals surface area contributed by atoms with Crippen LogP contribution in [0.1, 0.15) is 29.5 Å². The maximum Gasteiger partial charge on any atom is 0.248 e. The average molecular weight is 429 g/mol. The van der Waals surface area contributed by atoms with E-state index in [1.54, 1.807) is 0 Å². The Bertz CT molecular complexity index is 1080. The number of rotatable bonds is 5. The minimum absolute atomic E-state index is 0.103. The lowest BCUT2D eigenvalue weighted by Gasteiger charge is -2.38. The number of hydrogen-bond acceptors (Lipinski definition) is 3. The summed E-state index contributed by atoms with van der Waals surface area (Å²) in [5.41, 5.74) is 3.69. The normalized spacial score (nSPS) is 26.9. The van der Waals surface area contributed by atoms with E-state index < -0.39 is 6.04 Å². The first-order valence-electron chi connectivity index (χ1n) is 11.4. The Labute approximate surface area is 188 Å². The maximum absolute atomic E-state index is 13.5. The number of hydrogen-bond donors (Lipinski definition) is 1. The summed E-state index contributed by atoms with van der Waals surface area (Å²) >= 11 is 0. The number of nitrogens with zero attached hydrogens (tertiary/aromatic N) is 1. The molecule has 1 saturated heterocycles. The standard InChI is InChI=1S/C27H28N2O3/c1-16-8-13-21(17(2)14-16)28-25(30)22(15-18-6-4-3-5-7-18)29-26(31)23-19-9-10-20(12-11-19)24(23)27(29)32/h3-10,13-14,19-20,22-24H,11-12,15H2,1-2H3,(H,28,30)/t19-,20-,22-,23-,24-/m0/s1. The third-order valence-electron chi connectivity index (χ3n) is 7.32. The zero-order chi connectivity index (χ0) is 22.4. The molecule has 0 unspecified atom stereocenters. The van der Waals surface area contributed by atoms with Crippen molar-refractivity contribution >= 4 is 23.4 Å². The molecule has 0 radical (unpaired) electrons. The van der Waals surface area contributed by atoms with Gasteiger partial charge in [-0.1, -0.05) is 60.2 Å². The highest BCUT2D eigenvalue weighted by Crippen LogP contribution is 2.50. The maximum atomic E-state index is 13.5. The second-order valence-corrected chi connectivity index (χ2v) is 9.40. The quantitative estimate of drug-likeness (QED) is 0.577. The molecule has 5 atom stereocenters. The monoisotopic (exact) mass is 428 g/mol. The molecule has 4 aliphatic rings. The van der Waals surface area contributed by atoms with Crippen LogP contribution in [0.3, 0.4) is 0 Å². The van der Waals surface area contributed by atoms with Crippen LogP contribution in [0.25, 0.3) is 0 Å². The van der Waals surface area contributed by atoms with Gasteiger partial charge in [0, 0.05) is 12.1 Å². The van der Waals surface area contributed by atoms with Crippen molar-refractivity contribution in [2.75, 3.05) is 5.32 Å². The fourth-order valence-electron chi connectivity index (χ4n) is 5.71. The first kappa shape index (κ1) is 20.7. The number of aryl methyl sites for hydroxylation is 2. The molecule has 2 aromatic carbocycles. The van der Waals surface area contributed by atoms with E-state index in [4.69, 9.17) is 0 Å². The van der Waals surface area contributed by atoms with Crippen molar-refractivity contribution in [1.82, 2.24) is 4.90 Å². The molecule has 32 heavy (non-hydrogen) atoms. The Morgan fingerprint density at radius 2 is 1.59 bits per heavy atom. The Morgan fingerprint density at radius 1 is 0.969 bits per heavy atom. The van der Waals surface area contributed by atoms with E-state index in [1.807, 2.05) is 62.4 Å². The van der Waals surface area contributed by atoms with Crippen LogP contribution in [-0.2, 0) is 20.8 Å². The summed E-state index contributed by atoms with van der Waals surface area (Å²) in [6.07, 6.45) is 6.38. The summed E-state index contributed by atoms with van der Waals surface area (Å²) in [5, 5.41) is 2.99. The number of carbonyl (C=O) groups excluding carboxylic acids is 3. The molecule has 6 rings (SSSR count). The van der Waals surface area contributed by atoms with Gasteiger partial charge in [-0.15, -0.1) is 0 Å². The van der Waals surface area contributed by atoms with E-state index in [2.05, 4.69) is 17.5 Å². The second kappa shape index (κ2) is 8.05. The summed E-state index contributed by atoms with van der Waals surface area (Å²) in [6.45, 7) is 3.95. The molecule has 5 heteroatoms. The summed E-state index contributed by atoms with van der Waals surface area (Å²) < 4.78 is 0. The lowest BCUT2D eigenvalue weighted by molar-refractivity contribution is -0.146. The van der Waals surface area contributed by atoms with Gasteiger partial charge in [-0.25, -0.2) is 0 Å². The minimum Gasteiger partial charge on any atom is -0.324 e. The van der Waals surface area contributed by atoms with Crippen molar-refractivity contribution in [3.63, 3.8) is 0 Å². The van der Waals surface area contributed by atoms with Crippen LogP contribution in [0, 0.1) is 37.5 Å². The molecule has 1 aliphatic heterocycles. The lowest BCUT2D eigenvalue weighted by Crippen LogP contribution is -2.49. The number of carbonyl (C=O) groups is 3. The van der Waals surface area contributed by atoms with Crippen LogP contribution >= 0.6 is 0 Å². The van der Waals surface area contributed by atoms with Crippen LogP contribution in [-0.4, -0.2) is 28.7 Å². The molecule has 164 valence electrons. The fraction of sp³-hybridized carbons (Fsp3) is 0.370. The van der Waals surface area contributed by atoms with Crippen molar-refractivity contribution in [2.45, 2.75) is 39.2 Å². The largest absolute Gasteiger partial charge is 0.324 e. The summed E-state index contributed by atoms with van der Waals surface area (Å²) in [4.78, 5) is 41.9. The van der Waals surface area contributed by atoms with Gasteiger partial charge in [0.05, 0.1) is 11.8 Å². The summed E-state index contributed by atoms with van der Waals surface area (Å²) in [5.74, 6) is -1.12. The zero-order valence-corrected chi connectivity index (χ0v) is 18.5. The van der Waals surface area contributed by atoms with Gasteiger partial charge >= 0.3 is 0 Å². The Hall–Kier alpha value is -3.21. The molecule has 2 fully saturated rings. The molecule has 0 aromatic heterocycles. The molecule has 2 aromatic rings. The lowest BCUT2D eigenvalue weighted by atomic mass is 9.63. The van der Waals surface area contributed by atoms with Gasteiger partial charge in [0.1, 0.15) is 6.04 Å². The van der Waals surface area contributed by atoms with Crippen molar-refractivity contribution in [3.8, 4) is 0 Å². The highest BCUT2D eigenvalue weighted by molar-refractivity contribution is 6.10. The van der Waals surface area contributed by atoms with Crippen LogP contribution in [0.5, 0.6) is 0 Å². The molecule has 0 spiro atoms. The molecule has 1 heterocycles. The topological polar surface area (TPSA) is 66.5 Å². The number of benzene rings is 2. The number of likely N-dealkylation sites (tertiary alicyclic amines) is 1. The third-order valence-corrected chi connectivity index (χ3v) is 7.32. The van der Waals surface area contributed by atoms with E-state index in [0.29, 0.717) is 12.1 Å². The third kappa shape index (κ3) is 3.46. The number of amides is 3. The Balaban J connectivity index is 1.48. The number of nitrogens with one attached hydrogen (secondary N) is 1. The van der Waals surface area contributed by atoms with Gasteiger partial charge in [0.25, 0.3) is 0 Å². The van der Waals surface area contributed by atoms with Crippen molar-refractivity contribution in [3.05, 3.63) is 77.4 Å². The second-order valence-electron chi connectivity index (χ2n) is 9.40. The van der Waals surface area contributed by atoms with Gasteiger partial charge in [-0.3, -0.25) is 19.3 Å². The van der Waals surface area contributed by atoms with Gasteiger partial charge < -0.3 is 5.32 Å². The first-order valence-corrected chi connectivity index (χ1v) is 11.4. The molecule has 1 N–H and O–H groups in total. The molecule has 3 aliphatic carbocycles. The number of fused-ring (bicyclic) bond motifs is 1. The van der Waals surface area contributed by atoms with Crippen molar-refractivity contribution < 1.29 is 14.4 Å². The number of allylic oxidation sites excluding steroid dienone is 2. The van der Waals surface area contributed by atoms with Crippen LogP contribution in [0.15, 0.2) is 60.7 Å². The Morgan fingerprint density at radius 3 is 2.16 bits per heavy atom. The SMILES string of the molecule is Cc1ccc(NC(=O)[C@H](Cc2ccccc2)N2C(=O)[C@@H]3[C@@H](C2=O)[C@H]2C=C[C@H]3CC2)c(C)c1. The molecule has 2 bridgehead atoms. The summed E-state index contributed by atoms with van der Waals surface area (Å²) in [6, 6.07) is 14.5. The zero-order valence-electron chi connectivity index (χ0n) is 18.5. The first-order chi connectivity index (χ1) is 15.4. The van der Waals surface area contributed by atoms with Crippen molar-refractivity contribution in [2.24, 2.45) is 23.7 Å². The molecule has 3 amide bonds. The number of imide groups is 1. The van der Waals surface area contributed by atoms with Crippen LogP contribution < -0.4 is 5.32 Å². The molecule has 5 nitrogen and oxygen atoms in total. The molecular formula is C27H28N2O3. The molecule has 1 saturated carbocycles. The van der Waals surface area contributed by atoms with Crippen molar-refractivity contribution in [1.29, 1.82) is 0 Å². The number of anilines is 1.